The number of anilines is 1. The Bertz CT molecular complexity index is 1280. The summed E-state index contributed by atoms with van der Waals surface area (Å²) >= 11 is 8.48. The molecule has 1 aliphatic rings. The second kappa shape index (κ2) is 12.1. The van der Waals surface area contributed by atoms with E-state index in [1.807, 2.05) is 74.5 Å². The van der Waals surface area contributed by atoms with Crippen molar-refractivity contribution >= 4 is 61.3 Å². The number of thioether (sulfide) groups is 1. The zero-order valence-electron chi connectivity index (χ0n) is 20.1. The molecule has 4 rings (SSSR count). The largest absolute Gasteiger partial charge is 0.495 e. The van der Waals surface area contributed by atoms with Gasteiger partial charge in [-0.2, -0.15) is 0 Å². The maximum Gasteiger partial charge on any atom is 0.260 e. The van der Waals surface area contributed by atoms with Crippen LogP contribution in [0.3, 0.4) is 0 Å². The van der Waals surface area contributed by atoms with E-state index in [2.05, 4.69) is 42.5 Å². The van der Waals surface area contributed by atoms with Crippen LogP contribution >= 0.6 is 43.6 Å². The quantitative estimate of drug-likeness (QED) is 0.245. The Morgan fingerprint density at radius 2 is 1.83 bits per heavy atom. The Hall–Kier alpha value is -2.62. The highest BCUT2D eigenvalue weighted by atomic mass is 79.9. The van der Waals surface area contributed by atoms with Crippen molar-refractivity contribution in [2.75, 3.05) is 19.0 Å². The molecule has 36 heavy (non-hydrogen) atoms. The van der Waals surface area contributed by atoms with Gasteiger partial charge in [0.25, 0.3) is 5.91 Å². The minimum absolute atomic E-state index is 0.145. The van der Waals surface area contributed by atoms with E-state index in [1.54, 1.807) is 7.11 Å². The summed E-state index contributed by atoms with van der Waals surface area (Å²) in [6, 6.07) is 17.7. The molecule has 1 saturated heterocycles. The minimum atomic E-state index is -0.317. The first kappa shape index (κ1) is 26.4. The number of rotatable bonds is 9. The van der Waals surface area contributed by atoms with Gasteiger partial charge in [0.15, 0.2) is 17.0 Å². The lowest BCUT2D eigenvalue weighted by Crippen LogP contribution is -2.31. The fourth-order valence-electron chi connectivity index (χ4n) is 3.60. The molecule has 1 aliphatic heterocycles. The van der Waals surface area contributed by atoms with E-state index in [0.29, 0.717) is 29.6 Å². The molecule has 3 aromatic rings. The van der Waals surface area contributed by atoms with Gasteiger partial charge in [0.2, 0.25) is 0 Å². The first-order chi connectivity index (χ1) is 17.4. The number of methoxy groups -OCH3 is 1. The molecule has 0 aromatic heterocycles. The maximum absolute atomic E-state index is 12.7. The fourth-order valence-corrected chi connectivity index (χ4v) is 5.42. The number of carbonyl (C=O) groups is 1. The molecular formula is C27H26Br2N2O4S. The van der Waals surface area contributed by atoms with Gasteiger partial charge in [-0.15, -0.1) is 0 Å². The lowest BCUT2D eigenvalue weighted by molar-refractivity contribution is -0.116. The lowest BCUT2D eigenvalue weighted by atomic mass is 10.1. The minimum Gasteiger partial charge on any atom is -0.495 e. The number of carbonyl (C=O) groups excluding carboxylic acids is 1. The number of hydrogen-bond donors (Lipinski definition) is 2. The summed E-state index contributed by atoms with van der Waals surface area (Å²) in [5.41, 5.74) is 3.47. The standard InChI is InChI=1S/C27H26Br2N2O4S/c1-4-34-23-13-18(12-20(29)25(23)35-15-17-6-8-19(28)9-7-17)14-24-26(32)31-27(36-24)30-21-11-16(2)5-10-22(21)33-3/h5-14,27,30H,4,15H2,1-3H3,(H,31,32)/b24-14-. The van der Waals surface area contributed by atoms with Crippen molar-refractivity contribution in [1.82, 2.24) is 5.32 Å². The predicted octanol–water partition coefficient (Wildman–Crippen LogP) is 7.11. The first-order valence-electron chi connectivity index (χ1n) is 11.3. The topological polar surface area (TPSA) is 68.8 Å². The van der Waals surface area contributed by atoms with Gasteiger partial charge < -0.3 is 24.8 Å². The summed E-state index contributed by atoms with van der Waals surface area (Å²) in [5, 5.41) is 6.31. The Morgan fingerprint density at radius 1 is 1.06 bits per heavy atom. The van der Waals surface area contributed by atoms with Crippen LogP contribution in [0.4, 0.5) is 5.69 Å². The molecule has 1 atom stereocenters. The van der Waals surface area contributed by atoms with E-state index < -0.39 is 0 Å². The third-order valence-corrected chi connectivity index (χ3v) is 7.44. The molecule has 1 amide bonds. The average Bonchev–Trinajstić information content (AvgIpc) is 3.18. The highest BCUT2D eigenvalue weighted by Gasteiger charge is 2.28. The number of nitrogens with one attached hydrogen (secondary N) is 2. The van der Waals surface area contributed by atoms with Crippen molar-refractivity contribution in [3.8, 4) is 17.2 Å². The SMILES string of the molecule is CCOc1cc(/C=C2\SC(Nc3cc(C)ccc3OC)NC2=O)cc(Br)c1OCc1ccc(Br)cc1. The van der Waals surface area contributed by atoms with Crippen LogP contribution in [0, 0.1) is 6.92 Å². The Balaban J connectivity index is 1.52. The molecule has 1 fully saturated rings. The molecule has 2 N–H and O–H groups in total. The molecule has 3 aromatic carbocycles. The third kappa shape index (κ3) is 6.57. The molecule has 0 bridgehead atoms. The molecule has 1 unspecified atom stereocenters. The fraction of sp³-hybridized carbons (Fsp3) is 0.222. The van der Waals surface area contributed by atoms with E-state index in [-0.39, 0.29) is 11.4 Å². The van der Waals surface area contributed by atoms with Crippen LogP contribution in [0.15, 0.2) is 68.4 Å². The number of aryl methyl sites for hydroxylation is 1. The van der Waals surface area contributed by atoms with Gasteiger partial charge in [-0.05, 0) is 88.9 Å². The molecular weight excluding hydrogens is 608 g/mol. The van der Waals surface area contributed by atoms with Crippen molar-refractivity contribution in [3.05, 3.63) is 85.1 Å². The van der Waals surface area contributed by atoms with Crippen molar-refractivity contribution in [2.45, 2.75) is 26.0 Å². The monoisotopic (exact) mass is 632 g/mol. The molecule has 0 spiro atoms. The van der Waals surface area contributed by atoms with Crippen molar-refractivity contribution in [2.24, 2.45) is 0 Å². The summed E-state index contributed by atoms with van der Waals surface area (Å²) in [5.74, 6) is 1.81. The van der Waals surface area contributed by atoms with Crippen LogP contribution in [0.25, 0.3) is 6.08 Å². The van der Waals surface area contributed by atoms with Gasteiger partial charge in [-0.1, -0.05) is 45.9 Å². The zero-order valence-corrected chi connectivity index (χ0v) is 24.1. The molecule has 0 radical (unpaired) electrons. The summed E-state index contributed by atoms with van der Waals surface area (Å²) in [6.07, 6.45) is 1.85. The van der Waals surface area contributed by atoms with Gasteiger partial charge in [-0.25, -0.2) is 0 Å². The van der Waals surface area contributed by atoms with Crippen LogP contribution in [-0.2, 0) is 11.4 Å². The van der Waals surface area contributed by atoms with E-state index in [0.717, 1.165) is 37.1 Å². The van der Waals surface area contributed by atoms with Gasteiger partial charge >= 0.3 is 0 Å². The van der Waals surface area contributed by atoms with Gasteiger partial charge in [-0.3, -0.25) is 4.79 Å². The second-order valence-electron chi connectivity index (χ2n) is 8.01. The zero-order chi connectivity index (χ0) is 25.7. The highest BCUT2D eigenvalue weighted by molar-refractivity contribution is 9.10. The number of benzene rings is 3. The number of amides is 1. The average molecular weight is 634 g/mol. The molecule has 188 valence electrons. The van der Waals surface area contributed by atoms with Crippen molar-refractivity contribution in [1.29, 1.82) is 0 Å². The number of ether oxygens (including phenoxy) is 3. The molecule has 0 saturated carbocycles. The van der Waals surface area contributed by atoms with Crippen molar-refractivity contribution in [3.63, 3.8) is 0 Å². The van der Waals surface area contributed by atoms with Crippen LogP contribution in [0.2, 0.25) is 0 Å². The molecule has 1 heterocycles. The normalized spacial score (nSPS) is 16.1. The smallest absolute Gasteiger partial charge is 0.260 e. The van der Waals surface area contributed by atoms with Crippen LogP contribution in [0.1, 0.15) is 23.6 Å². The second-order valence-corrected chi connectivity index (χ2v) is 10.9. The first-order valence-corrected chi connectivity index (χ1v) is 13.8. The molecule has 6 nitrogen and oxygen atoms in total. The Labute approximate surface area is 232 Å². The van der Waals surface area contributed by atoms with Crippen LogP contribution in [-0.4, -0.2) is 25.1 Å². The van der Waals surface area contributed by atoms with E-state index in [4.69, 9.17) is 14.2 Å². The van der Waals surface area contributed by atoms with Gasteiger partial charge in [0, 0.05) is 4.47 Å². The van der Waals surface area contributed by atoms with E-state index in [9.17, 15) is 4.79 Å². The third-order valence-electron chi connectivity index (χ3n) is 5.30. The molecule has 0 aliphatic carbocycles. The summed E-state index contributed by atoms with van der Waals surface area (Å²) in [4.78, 5) is 13.3. The Morgan fingerprint density at radius 3 is 2.56 bits per heavy atom. The summed E-state index contributed by atoms with van der Waals surface area (Å²) in [6.45, 7) is 4.82. The van der Waals surface area contributed by atoms with Gasteiger partial charge in [0.05, 0.1) is 28.8 Å². The maximum atomic E-state index is 12.7. The molecule has 9 heteroatoms. The van der Waals surface area contributed by atoms with Gasteiger partial charge in [0.1, 0.15) is 12.4 Å². The Kier molecular flexibility index (Phi) is 8.87. The highest BCUT2D eigenvalue weighted by Crippen LogP contribution is 2.39. The van der Waals surface area contributed by atoms with E-state index >= 15 is 0 Å². The van der Waals surface area contributed by atoms with Crippen LogP contribution in [0.5, 0.6) is 17.2 Å². The predicted molar refractivity (Wildman–Crippen MR) is 153 cm³/mol. The van der Waals surface area contributed by atoms with E-state index in [1.165, 1.54) is 11.8 Å². The van der Waals surface area contributed by atoms with Crippen molar-refractivity contribution < 1.29 is 19.0 Å². The lowest BCUT2D eigenvalue weighted by Gasteiger charge is -2.16. The summed E-state index contributed by atoms with van der Waals surface area (Å²) < 4.78 is 19.2. The summed E-state index contributed by atoms with van der Waals surface area (Å²) in [7, 11) is 1.63. The number of halogens is 2. The number of hydrogen-bond acceptors (Lipinski definition) is 6. The van der Waals surface area contributed by atoms with Crippen LogP contribution < -0.4 is 24.8 Å².